The Morgan fingerprint density at radius 2 is 1.29 bits per heavy atom. The summed E-state index contributed by atoms with van der Waals surface area (Å²) in [6.07, 6.45) is 19.4. The van der Waals surface area contributed by atoms with Gasteiger partial charge in [-0.3, -0.25) is 9.59 Å². The van der Waals surface area contributed by atoms with Crippen LogP contribution in [0.4, 0.5) is 0 Å². The lowest BCUT2D eigenvalue weighted by Crippen LogP contribution is -2.27. The molecule has 28 heavy (non-hydrogen) atoms. The Morgan fingerprint density at radius 3 is 1.68 bits per heavy atom. The predicted octanol–water partition coefficient (Wildman–Crippen LogP) is 5.89. The molecule has 1 N–H and O–H groups in total. The van der Waals surface area contributed by atoms with E-state index >= 15 is 0 Å². The van der Waals surface area contributed by atoms with Gasteiger partial charge in [-0.05, 0) is 6.42 Å². The molecule has 1 saturated heterocycles. The average molecular weight is 399 g/mol. The number of aliphatic carboxylic acids is 1. The first-order valence-electron chi connectivity index (χ1n) is 11.7. The van der Waals surface area contributed by atoms with E-state index in [4.69, 9.17) is 9.47 Å². The molecule has 0 aromatic carbocycles. The molecule has 1 aliphatic rings. The number of carbonyl (C=O) groups is 2. The van der Waals surface area contributed by atoms with Crippen LogP contribution >= 0.6 is 0 Å². The third-order valence-corrected chi connectivity index (χ3v) is 5.49. The summed E-state index contributed by atoms with van der Waals surface area (Å²) in [6, 6.07) is 0. The fourth-order valence-corrected chi connectivity index (χ4v) is 3.50. The van der Waals surface area contributed by atoms with Crippen LogP contribution in [0.25, 0.3) is 0 Å². The van der Waals surface area contributed by atoms with Gasteiger partial charge in [0.1, 0.15) is 12.7 Å². The Kier molecular flexibility index (Phi) is 15.0. The van der Waals surface area contributed by atoms with E-state index < -0.39 is 17.9 Å². The molecule has 0 saturated carbocycles. The standard InChI is InChI=1S/C23H42O5/c1-2-3-4-5-6-7-8-9-10-11-12-13-14-15-16-17-21(22(24)25)23(26)28-19-20-18-27-20/h20-21H,2-19H2,1H3,(H,24,25). The molecule has 1 aliphatic heterocycles. The first-order chi connectivity index (χ1) is 13.6. The van der Waals surface area contributed by atoms with Crippen LogP contribution in [0.3, 0.4) is 0 Å². The van der Waals surface area contributed by atoms with E-state index in [0.717, 1.165) is 19.3 Å². The highest BCUT2D eigenvalue weighted by molar-refractivity contribution is 5.93. The lowest BCUT2D eigenvalue weighted by Gasteiger charge is -2.11. The normalized spacial score (nSPS) is 16.7. The SMILES string of the molecule is CCCCCCCCCCCCCCCCCC(C(=O)O)C(=O)OCC1CO1. The fourth-order valence-electron chi connectivity index (χ4n) is 3.50. The number of carboxylic acid groups (broad SMARTS) is 1. The Balaban J connectivity index is 1.86. The van der Waals surface area contributed by atoms with Crippen LogP contribution in [0.2, 0.25) is 0 Å². The van der Waals surface area contributed by atoms with Crippen molar-refractivity contribution in [3.8, 4) is 0 Å². The van der Waals surface area contributed by atoms with Crippen LogP contribution < -0.4 is 0 Å². The van der Waals surface area contributed by atoms with Crippen molar-refractivity contribution in [1.82, 2.24) is 0 Å². The summed E-state index contributed by atoms with van der Waals surface area (Å²) in [7, 11) is 0. The second-order valence-electron chi connectivity index (χ2n) is 8.21. The molecule has 2 unspecified atom stereocenters. The number of ether oxygens (including phenoxy) is 2. The number of epoxide rings is 1. The summed E-state index contributed by atoms with van der Waals surface area (Å²) in [4.78, 5) is 23.1. The summed E-state index contributed by atoms with van der Waals surface area (Å²) in [5, 5.41) is 9.21. The summed E-state index contributed by atoms with van der Waals surface area (Å²) in [5.41, 5.74) is 0. The van der Waals surface area contributed by atoms with Gasteiger partial charge in [-0.15, -0.1) is 0 Å². The number of esters is 1. The number of carbonyl (C=O) groups excluding carboxylic acids is 1. The van der Waals surface area contributed by atoms with Crippen molar-refractivity contribution in [1.29, 1.82) is 0 Å². The minimum Gasteiger partial charge on any atom is -0.481 e. The van der Waals surface area contributed by atoms with Crippen LogP contribution in [0.15, 0.2) is 0 Å². The first kappa shape index (κ1) is 24.9. The van der Waals surface area contributed by atoms with Gasteiger partial charge in [0.15, 0.2) is 5.92 Å². The summed E-state index contributed by atoms with van der Waals surface area (Å²) in [5.74, 6) is -2.72. The summed E-state index contributed by atoms with van der Waals surface area (Å²) < 4.78 is 9.98. The molecule has 1 rings (SSSR count). The first-order valence-corrected chi connectivity index (χ1v) is 11.7. The molecule has 5 heteroatoms. The van der Waals surface area contributed by atoms with E-state index in [2.05, 4.69) is 6.92 Å². The van der Waals surface area contributed by atoms with E-state index in [1.165, 1.54) is 77.0 Å². The molecule has 0 bridgehead atoms. The molecule has 0 amide bonds. The molecule has 1 fully saturated rings. The van der Waals surface area contributed by atoms with E-state index in [9.17, 15) is 14.7 Å². The third-order valence-electron chi connectivity index (χ3n) is 5.49. The van der Waals surface area contributed by atoms with Crippen molar-refractivity contribution in [2.45, 2.75) is 116 Å². The quantitative estimate of drug-likeness (QED) is 0.120. The molecule has 164 valence electrons. The van der Waals surface area contributed by atoms with Crippen LogP contribution in [0, 0.1) is 5.92 Å². The molecule has 2 atom stereocenters. The van der Waals surface area contributed by atoms with Crippen molar-refractivity contribution in [2.24, 2.45) is 5.92 Å². The Morgan fingerprint density at radius 1 is 0.857 bits per heavy atom. The van der Waals surface area contributed by atoms with Gasteiger partial charge in [0.2, 0.25) is 0 Å². The molecular formula is C23H42O5. The van der Waals surface area contributed by atoms with Crippen molar-refractivity contribution < 1.29 is 24.2 Å². The van der Waals surface area contributed by atoms with E-state index in [1.807, 2.05) is 0 Å². The third kappa shape index (κ3) is 14.0. The van der Waals surface area contributed by atoms with Crippen LogP contribution in [-0.2, 0) is 19.1 Å². The fraction of sp³-hybridized carbons (Fsp3) is 0.913. The molecule has 5 nitrogen and oxygen atoms in total. The molecule has 0 radical (unpaired) electrons. The maximum atomic E-state index is 11.8. The van der Waals surface area contributed by atoms with Crippen LogP contribution in [0.1, 0.15) is 110 Å². The maximum absolute atomic E-state index is 11.8. The molecule has 0 aromatic heterocycles. The Labute approximate surface area is 171 Å². The van der Waals surface area contributed by atoms with Gasteiger partial charge >= 0.3 is 11.9 Å². The van der Waals surface area contributed by atoms with Gasteiger partial charge in [0.25, 0.3) is 0 Å². The topological polar surface area (TPSA) is 76.1 Å². The zero-order valence-corrected chi connectivity index (χ0v) is 18.0. The second kappa shape index (κ2) is 16.8. The van der Waals surface area contributed by atoms with Gasteiger partial charge in [-0.1, -0.05) is 103 Å². The van der Waals surface area contributed by atoms with E-state index in [-0.39, 0.29) is 12.7 Å². The minimum atomic E-state index is -1.08. The molecule has 0 aliphatic carbocycles. The number of unbranched alkanes of at least 4 members (excludes halogenated alkanes) is 14. The van der Waals surface area contributed by atoms with Crippen molar-refractivity contribution >= 4 is 11.9 Å². The Bertz CT molecular complexity index is 406. The van der Waals surface area contributed by atoms with Gasteiger partial charge in [-0.25, -0.2) is 0 Å². The second-order valence-corrected chi connectivity index (χ2v) is 8.21. The largest absolute Gasteiger partial charge is 0.481 e. The van der Waals surface area contributed by atoms with Gasteiger partial charge < -0.3 is 14.6 Å². The van der Waals surface area contributed by atoms with E-state index in [1.54, 1.807) is 0 Å². The number of rotatable bonds is 20. The zero-order chi connectivity index (χ0) is 20.5. The lowest BCUT2D eigenvalue weighted by atomic mass is 10.00. The lowest BCUT2D eigenvalue weighted by molar-refractivity contribution is -0.159. The number of hydrogen-bond acceptors (Lipinski definition) is 4. The molecular weight excluding hydrogens is 356 g/mol. The molecule has 1 heterocycles. The van der Waals surface area contributed by atoms with Gasteiger partial charge in [0.05, 0.1) is 6.61 Å². The minimum absolute atomic E-state index is 0.0239. The number of hydrogen-bond donors (Lipinski definition) is 1. The smallest absolute Gasteiger partial charge is 0.320 e. The predicted molar refractivity (Wildman–Crippen MR) is 111 cm³/mol. The van der Waals surface area contributed by atoms with Gasteiger partial charge in [-0.2, -0.15) is 0 Å². The van der Waals surface area contributed by atoms with Crippen molar-refractivity contribution in [3.05, 3.63) is 0 Å². The summed E-state index contributed by atoms with van der Waals surface area (Å²) in [6.45, 7) is 3.04. The van der Waals surface area contributed by atoms with Gasteiger partial charge in [0, 0.05) is 0 Å². The Hall–Kier alpha value is -1.10. The van der Waals surface area contributed by atoms with Crippen LogP contribution in [-0.4, -0.2) is 36.4 Å². The van der Waals surface area contributed by atoms with Crippen molar-refractivity contribution in [3.63, 3.8) is 0 Å². The van der Waals surface area contributed by atoms with Crippen molar-refractivity contribution in [2.75, 3.05) is 13.2 Å². The van der Waals surface area contributed by atoms with E-state index in [0.29, 0.717) is 13.0 Å². The van der Waals surface area contributed by atoms with Crippen LogP contribution in [0.5, 0.6) is 0 Å². The zero-order valence-electron chi connectivity index (χ0n) is 18.0. The molecule has 0 spiro atoms. The highest BCUT2D eigenvalue weighted by atomic mass is 16.6. The number of carboxylic acids is 1. The molecule has 0 aromatic rings. The maximum Gasteiger partial charge on any atom is 0.320 e. The average Bonchev–Trinajstić information content (AvgIpc) is 3.50. The monoisotopic (exact) mass is 398 g/mol. The highest BCUT2D eigenvalue weighted by Gasteiger charge is 2.30. The summed E-state index contributed by atoms with van der Waals surface area (Å²) >= 11 is 0. The highest BCUT2D eigenvalue weighted by Crippen LogP contribution is 2.17.